The maximum atomic E-state index is 5.75. The van der Waals surface area contributed by atoms with Gasteiger partial charge in [0.25, 0.3) is 0 Å². The molecule has 1 aliphatic heterocycles. The maximum Gasteiger partial charge on any atom is 0.0716 e. The molecule has 2 rings (SSSR count). The fourth-order valence-electron chi connectivity index (χ4n) is 2.52. The van der Waals surface area contributed by atoms with Crippen LogP contribution < -0.4 is 5.73 Å². The quantitative estimate of drug-likeness (QED) is 0.784. The number of hydrogen-bond acceptors (Lipinski definition) is 3. The van der Waals surface area contributed by atoms with Gasteiger partial charge in [-0.15, -0.1) is 0 Å². The fraction of sp³-hybridized carbons (Fsp3) is 0.600. The molecule has 3 heteroatoms. The summed E-state index contributed by atoms with van der Waals surface area (Å²) in [5, 5.41) is 0. The van der Waals surface area contributed by atoms with Gasteiger partial charge >= 0.3 is 0 Å². The van der Waals surface area contributed by atoms with E-state index >= 15 is 0 Å². The minimum atomic E-state index is 0.606. The molecule has 1 aliphatic rings. The van der Waals surface area contributed by atoms with Crippen LogP contribution in [0.5, 0.6) is 0 Å². The van der Waals surface area contributed by atoms with E-state index in [9.17, 15) is 0 Å². The summed E-state index contributed by atoms with van der Waals surface area (Å²) in [7, 11) is 2.21. The third kappa shape index (κ3) is 3.80. The molecule has 0 saturated carbocycles. The zero-order chi connectivity index (χ0) is 12.8. The van der Waals surface area contributed by atoms with Crippen molar-refractivity contribution in [2.75, 3.05) is 20.2 Å². The highest BCUT2D eigenvalue weighted by atomic mass is 16.5. The number of likely N-dealkylation sites (tertiary alicyclic amines) is 1. The summed E-state index contributed by atoms with van der Waals surface area (Å²) in [5.41, 5.74) is 7.97. The molecule has 1 fully saturated rings. The van der Waals surface area contributed by atoms with Gasteiger partial charge < -0.3 is 15.4 Å². The zero-order valence-electron chi connectivity index (χ0n) is 11.3. The van der Waals surface area contributed by atoms with Crippen molar-refractivity contribution >= 4 is 0 Å². The molecule has 1 heterocycles. The molecule has 100 valence electrons. The molecule has 0 amide bonds. The predicted octanol–water partition coefficient (Wildman–Crippen LogP) is 2.15. The van der Waals surface area contributed by atoms with Gasteiger partial charge in [0.2, 0.25) is 0 Å². The van der Waals surface area contributed by atoms with Crippen LogP contribution in [0.2, 0.25) is 0 Å². The molecule has 1 unspecified atom stereocenters. The van der Waals surface area contributed by atoms with Crippen molar-refractivity contribution in [3.05, 3.63) is 35.4 Å². The Hall–Kier alpha value is -0.900. The lowest BCUT2D eigenvalue weighted by atomic mass is 10.1. The highest BCUT2D eigenvalue weighted by Gasteiger charge is 2.19. The summed E-state index contributed by atoms with van der Waals surface area (Å²) in [5.74, 6) is 0. The molecule has 0 radical (unpaired) electrons. The van der Waals surface area contributed by atoms with Gasteiger partial charge in [0.1, 0.15) is 0 Å². The molecular formula is C15H24N2O. The van der Waals surface area contributed by atoms with Gasteiger partial charge in [-0.3, -0.25) is 0 Å². The Morgan fingerprint density at radius 2 is 2.00 bits per heavy atom. The Balaban J connectivity index is 1.65. The van der Waals surface area contributed by atoms with E-state index in [-0.39, 0.29) is 0 Å². The van der Waals surface area contributed by atoms with Crippen LogP contribution in [0.25, 0.3) is 0 Å². The van der Waals surface area contributed by atoms with Crippen LogP contribution in [0.1, 0.15) is 30.4 Å². The van der Waals surface area contributed by atoms with E-state index in [0.717, 1.165) is 19.1 Å². The molecule has 1 saturated heterocycles. The van der Waals surface area contributed by atoms with E-state index in [1.807, 2.05) is 0 Å². The molecule has 1 atom stereocenters. The largest absolute Gasteiger partial charge is 0.377 e. The Labute approximate surface area is 110 Å². The maximum absolute atomic E-state index is 5.75. The van der Waals surface area contributed by atoms with Crippen LogP contribution in [0.15, 0.2) is 24.3 Å². The lowest BCUT2D eigenvalue weighted by molar-refractivity contribution is 0.101. The van der Waals surface area contributed by atoms with Crippen molar-refractivity contribution in [1.29, 1.82) is 0 Å². The molecule has 0 bridgehead atoms. The first kappa shape index (κ1) is 13.5. The van der Waals surface area contributed by atoms with Crippen molar-refractivity contribution in [3.8, 4) is 0 Å². The van der Waals surface area contributed by atoms with Gasteiger partial charge in [-0.2, -0.15) is 0 Å². The Morgan fingerprint density at radius 1 is 1.28 bits per heavy atom. The number of benzene rings is 1. The molecule has 18 heavy (non-hydrogen) atoms. The summed E-state index contributed by atoms with van der Waals surface area (Å²) in [6.45, 7) is 3.41. The highest BCUT2D eigenvalue weighted by Crippen LogP contribution is 2.17. The second-order valence-corrected chi connectivity index (χ2v) is 5.14. The van der Waals surface area contributed by atoms with Crippen LogP contribution in [0.3, 0.4) is 0 Å². The van der Waals surface area contributed by atoms with Crippen LogP contribution in [-0.2, 0) is 17.9 Å². The predicted molar refractivity (Wildman–Crippen MR) is 74.3 cm³/mol. The van der Waals surface area contributed by atoms with E-state index in [1.54, 1.807) is 0 Å². The Morgan fingerprint density at radius 3 is 2.61 bits per heavy atom. The topological polar surface area (TPSA) is 38.5 Å². The summed E-state index contributed by atoms with van der Waals surface area (Å²) >= 11 is 0. The second kappa shape index (κ2) is 6.88. The van der Waals surface area contributed by atoms with Gasteiger partial charge in [0.15, 0.2) is 0 Å². The first-order valence-electron chi connectivity index (χ1n) is 6.85. The number of nitrogens with two attached hydrogens (primary N) is 1. The van der Waals surface area contributed by atoms with Crippen molar-refractivity contribution in [1.82, 2.24) is 4.90 Å². The number of rotatable bonds is 6. The van der Waals surface area contributed by atoms with Gasteiger partial charge in [-0.25, -0.2) is 0 Å². The Kier molecular flexibility index (Phi) is 5.17. The summed E-state index contributed by atoms with van der Waals surface area (Å²) in [6.07, 6.45) is 3.81. The third-order valence-electron chi connectivity index (χ3n) is 3.79. The summed E-state index contributed by atoms with van der Waals surface area (Å²) in [6, 6.07) is 9.07. The molecule has 1 aromatic carbocycles. The average Bonchev–Trinajstić information content (AvgIpc) is 2.81. The van der Waals surface area contributed by atoms with Gasteiger partial charge in [0.05, 0.1) is 6.61 Å². The minimum Gasteiger partial charge on any atom is -0.377 e. The third-order valence-corrected chi connectivity index (χ3v) is 3.79. The lowest BCUT2D eigenvalue weighted by Gasteiger charge is -2.18. The summed E-state index contributed by atoms with van der Waals surface area (Å²) in [4.78, 5) is 2.44. The van der Waals surface area contributed by atoms with Crippen LogP contribution >= 0.6 is 0 Å². The second-order valence-electron chi connectivity index (χ2n) is 5.14. The van der Waals surface area contributed by atoms with E-state index in [4.69, 9.17) is 10.5 Å². The molecule has 2 N–H and O–H groups in total. The minimum absolute atomic E-state index is 0.606. The summed E-state index contributed by atoms with van der Waals surface area (Å²) < 4.78 is 5.75. The monoisotopic (exact) mass is 248 g/mol. The van der Waals surface area contributed by atoms with Crippen molar-refractivity contribution in [3.63, 3.8) is 0 Å². The van der Waals surface area contributed by atoms with Crippen molar-refractivity contribution in [2.45, 2.75) is 38.5 Å². The smallest absolute Gasteiger partial charge is 0.0716 e. The van der Waals surface area contributed by atoms with Crippen molar-refractivity contribution < 1.29 is 4.74 Å². The van der Waals surface area contributed by atoms with E-state index in [0.29, 0.717) is 13.2 Å². The van der Waals surface area contributed by atoms with Crippen LogP contribution in [-0.4, -0.2) is 31.1 Å². The first-order valence-corrected chi connectivity index (χ1v) is 6.85. The van der Waals surface area contributed by atoms with Gasteiger partial charge in [-0.05, 0) is 44.0 Å². The van der Waals surface area contributed by atoms with E-state index in [2.05, 4.69) is 36.2 Å². The van der Waals surface area contributed by atoms with Gasteiger partial charge in [0, 0.05) is 19.2 Å². The van der Waals surface area contributed by atoms with E-state index < -0.39 is 0 Å². The molecule has 0 aliphatic carbocycles. The number of ether oxygens (including phenoxy) is 1. The zero-order valence-corrected chi connectivity index (χ0v) is 11.3. The fourth-order valence-corrected chi connectivity index (χ4v) is 2.52. The van der Waals surface area contributed by atoms with E-state index in [1.165, 1.54) is 30.5 Å². The van der Waals surface area contributed by atoms with Crippen LogP contribution in [0, 0.1) is 0 Å². The average molecular weight is 248 g/mol. The van der Waals surface area contributed by atoms with Crippen LogP contribution in [0.4, 0.5) is 0 Å². The molecule has 0 spiro atoms. The standard InChI is InChI=1S/C15H24N2O/c1-17-9-2-3-15(17)8-10-18-12-14-6-4-13(11-16)5-7-14/h4-7,15H,2-3,8-12,16H2,1H3. The molecule has 0 aromatic heterocycles. The lowest BCUT2D eigenvalue weighted by Crippen LogP contribution is -2.26. The molecular weight excluding hydrogens is 224 g/mol. The van der Waals surface area contributed by atoms with Crippen molar-refractivity contribution in [2.24, 2.45) is 5.73 Å². The SMILES string of the molecule is CN1CCCC1CCOCc1ccc(CN)cc1. The molecule has 3 nitrogen and oxygen atoms in total. The van der Waals surface area contributed by atoms with Gasteiger partial charge in [-0.1, -0.05) is 24.3 Å². The molecule has 1 aromatic rings. The normalized spacial score (nSPS) is 20.4. The highest BCUT2D eigenvalue weighted by molar-refractivity contribution is 5.21. The number of hydrogen-bond donors (Lipinski definition) is 1. The first-order chi connectivity index (χ1) is 8.79. The number of nitrogens with zero attached hydrogens (tertiary/aromatic N) is 1. The Bertz CT molecular complexity index is 350.